The standard InChI is InChI=1S/C11H11ClN4O2S2/c1-16-11(9(12)6-14-16)20(17,18)15-8-4-2-7(3-5-8)10(13)19/h2-6,15H,1H3,(H2,13,19). The molecule has 0 saturated heterocycles. The molecule has 0 fully saturated rings. The number of benzene rings is 1. The smallest absolute Gasteiger partial charge is 0.280 e. The van der Waals surface area contributed by atoms with E-state index in [0.717, 1.165) is 0 Å². The molecule has 0 aliphatic rings. The van der Waals surface area contributed by atoms with Gasteiger partial charge in [-0.3, -0.25) is 9.40 Å². The molecule has 0 amide bonds. The average Bonchev–Trinajstić information content (AvgIpc) is 2.69. The Bertz CT molecular complexity index is 734. The number of thiocarbonyl (C=S) groups is 1. The van der Waals surface area contributed by atoms with Crippen molar-refractivity contribution in [1.82, 2.24) is 9.78 Å². The normalized spacial score (nSPS) is 11.3. The Morgan fingerprint density at radius 3 is 2.45 bits per heavy atom. The van der Waals surface area contributed by atoms with Crippen LogP contribution in [-0.4, -0.2) is 23.2 Å². The highest BCUT2D eigenvalue weighted by Gasteiger charge is 2.22. The molecule has 9 heteroatoms. The Kier molecular flexibility index (Phi) is 3.98. The molecule has 106 valence electrons. The molecule has 2 rings (SSSR count). The summed E-state index contributed by atoms with van der Waals surface area (Å²) in [5.41, 5.74) is 6.50. The molecule has 0 spiro atoms. The van der Waals surface area contributed by atoms with Gasteiger partial charge >= 0.3 is 0 Å². The zero-order valence-corrected chi connectivity index (χ0v) is 12.8. The summed E-state index contributed by atoms with van der Waals surface area (Å²) < 4.78 is 28.0. The number of anilines is 1. The second-order valence-corrected chi connectivity index (χ2v) is 6.41. The van der Waals surface area contributed by atoms with Crippen LogP contribution in [0.3, 0.4) is 0 Å². The topological polar surface area (TPSA) is 90.0 Å². The number of aryl methyl sites for hydroxylation is 1. The maximum Gasteiger partial charge on any atom is 0.280 e. The number of nitrogens with zero attached hydrogens (tertiary/aromatic N) is 2. The Labute approximate surface area is 126 Å². The second kappa shape index (κ2) is 5.39. The largest absolute Gasteiger partial charge is 0.389 e. The second-order valence-electron chi connectivity index (χ2n) is 3.97. The number of sulfonamides is 1. The maximum atomic E-state index is 12.2. The van der Waals surface area contributed by atoms with Crippen molar-refractivity contribution in [2.75, 3.05) is 4.72 Å². The van der Waals surface area contributed by atoms with Gasteiger partial charge in [0.05, 0.1) is 11.2 Å². The minimum atomic E-state index is -3.81. The number of nitrogens with one attached hydrogen (secondary N) is 1. The molecular formula is C11H11ClN4O2S2. The minimum absolute atomic E-state index is 0.0553. The molecule has 3 N–H and O–H groups in total. The van der Waals surface area contributed by atoms with Crippen LogP contribution in [0.5, 0.6) is 0 Å². The van der Waals surface area contributed by atoms with Crippen LogP contribution in [-0.2, 0) is 17.1 Å². The molecule has 0 bridgehead atoms. The quantitative estimate of drug-likeness (QED) is 0.829. The lowest BCUT2D eigenvalue weighted by Crippen LogP contribution is -2.17. The van der Waals surface area contributed by atoms with E-state index in [1.54, 1.807) is 24.3 Å². The van der Waals surface area contributed by atoms with Gasteiger partial charge in [-0.25, -0.2) is 0 Å². The first-order valence-electron chi connectivity index (χ1n) is 5.41. The van der Waals surface area contributed by atoms with Gasteiger partial charge in [0.1, 0.15) is 4.99 Å². The first-order chi connectivity index (χ1) is 9.31. The maximum absolute atomic E-state index is 12.2. The van der Waals surface area contributed by atoms with E-state index in [4.69, 9.17) is 29.6 Å². The lowest BCUT2D eigenvalue weighted by molar-refractivity contribution is 0.582. The summed E-state index contributed by atoms with van der Waals surface area (Å²) in [6.07, 6.45) is 1.27. The van der Waals surface area contributed by atoms with E-state index in [-0.39, 0.29) is 15.0 Å². The molecule has 1 heterocycles. The highest BCUT2D eigenvalue weighted by Crippen LogP contribution is 2.22. The summed E-state index contributed by atoms with van der Waals surface area (Å²) in [6.45, 7) is 0. The number of hydrogen-bond acceptors (Lipinski definition) is 4. The van der Waals surface area contributed by atoms with Gasteiger partial charge in [0.25, 0.3) is 10.0 Å². The SMILES string of the molecule is Cn1ncc(Cl)c1S(=O)(=O)Nc1ccc(C(N)=S)cc1. The fourth-order valence-electron chi connectivity index (χ4n) is 1.61. The van der Waals surface area contributed by atoms with Crippen molar-refractivity contribution in [3.05, 3.63) is 41.0 Å². The van der Waals surface area contributed by atoms with E-state index < -0.39 is 10.0 Å². The van der Waals surface area contributed by atoms with Gasteiger partial charge in [0, 0.05) is 18.3 Å². The molecular weight excluding hydrogens is 320 g/mol. The van der Waals surface area contributed by atoms with Gasteiger partial charge in [-0.2, -0.15) is 13.5 Å². The van der Waals surface area contributed by atoms with Crippen molar-refractivity contribution in [2.24, 2.45) is 12.8 Å². The third-order valence-corrected chi connectivity index (χ3v) is 4.64. The molecule has 20 heavy (non-hydrogen) atoms. The molecule has 2 aromatic rings. The predicted octanol–water partition coefficient (Wildman–Crippen LogP) is 1.51. The molecule has 1 aromatic heterocycles. The van der Waals surface area contributed by atoms with Crippen LogP contribution in [0.15, 0.2) is 35.5 Å². The zero-order chi connectivity index (χ0) is 14.9. The summed E-state index contributed by atoms with van der Waals surface area (Å²) in [5.74, 6) is 0. The van der Waals surface area contributed by atoms with Gasteiger partial charge in [-0.15, -0.1) is 0 Å². The molecule has 0 radical (unpaired) electrons. The van der Waals surface area contributed by atoms with Crippen LogP contribution in [0, 0.1) is 0 Å². The number of aromatic nitrogens is 2. The van der Waals surface area contributed by atoms with E-state index in [1.165, 1.54) is 17.9 Å². The molecule has 0 saturated carbocycles. The van der Waals surface area contributed by atoms with E-state index >= 15 is 0 Å². The number of nitrogens with two attached hydrogens (primary N) is 1. The van der Waals surface area contributed by atoms with E-state index in [0.29, 0.717) is 11.3 Å². The van der Waals surface area contributed by atoms with E-state index in [9.17, 15) is 8.42 Å². The van der Waals surface area contributed by atoms with Crippen LogP contribution >= 0.6 is 23.8 Å². The summed E-state index contributed by atoms with van der Waals surface area (Å²) in [5, 5.41) is 3.75. The third-order valence-electron chi connectivity index (χ3n) is 2.52. The summed E-state index contributed by atoms with van der Waals surface area (Å²) in [4.78, 5) is 0.245. The highest BCUT2D eigenvalue weighted by molar-refractivity contribution is 7.92. The molecule has 0 aliphatic carbocycles. The fraction of sp³-hybridized carbons (Fsp3) is 0.0909. The lowest BCUT2D eigenvalue weighted by Gasteiger charge is -2.09. The number of rotatable bonds is 4. The Morgan fingerprint density at radius 1 is 1.40 bits per heavy atom. The highest BCUT2D eigenvalue weighted by atomic mass is 35.5. The lowest BCUT2D eigenvalue weighted by atomic mass is 10.2. The number of hydrogen-bond donors (Lipinski definition) is 2. The molecule has 0 atom stereocenters. The average molecular weight is 331 g/mol. The van der Waals surface area contributed by atoms with Crippen molar-refractivity contribution in [3.63, 3.8) is 0 Å². The van der Waals surface area contributed by atoms with Crippen molar-refractivity contribution in [2.45, 2.75) is 5.03 Å². The van der Waals surface area contributed by atoms with Crippen LogP contribution in [0.2, 0.25) is 5.02 Å². The Morgan fingerprint density at radius 2 is 2.00 bits per heavy atom. The Balaban J connectivity index is 2.31. The van der Waals surface area contributed by atoms with Crippen LogP contribution in [0.25, 0.3) is 0 Å². The molecule has 0 unspecified atom stereocenters. The van der Waals surface area contributed by atoms with Gasteiger partial charge in [-0.1, -0.05) is 23.8 Å². The first kappa shape index (κ1) is 14.8. The molecule has 0 aliphatic heterocycles. The number of halogens is 1. The van der Waals surface area contributed by atoms with Crippen molar-refractivity contribution in [1.29, 1.82) is 0 Å². The summed E-state index contributed by atoms with van der Waals surface area (Å²) >= 11 is 10.7. The predicted molar refractivity (Wildman–Crippen MR) is 81.4 cm³/mol. The van der Waals surface area contributed by atoms with Crippen LogP contribution in [0.4, 0.5) is 5.69 Å². The fourth-order valence-corrected chi connectivity index (χ4v) is 3.46. The zero-order valence-electron chi connectivity index (χ0n) is 10.4. The first-order valence-corrected chi connectivity index (χ1v) is 7.68. The van der Waals surface area contributed by atoms with E-state index in [2.05, 4.69) is 9.82 Å². The van der Waals surface area contributed by atoms with Crippen molar-refractivity contribution in [3.8, 4) is 0 Å². The Hall–Kier alpha value is -1.64. The van der Waals surface area contributed by atoms with Gasteiger partial charge in [0.15, 0.2) is 5.03 Å². The van der Waals surface area contributed by atoms with E-state index in [1.807, 2.05) is 0 Å². The monoisotopic (exact) mass is 330 g/mol. The van der Waals surface area contributed by atoms with Gasteiger partial charge in [0.2, 0.25) is 0 Å². The van der Waals surface area contributed by atoms with Crippen molar-refractivity contribution >= 4 is 44.5 Å². The van der Waals surface area contributed by atoms with Crippen LogP contribution in [0.1, 0.15) is 5.56 Å². The minimum Gasteiger partial charge on any atom is -0.389 e. The van der Waals surface area contributed by atoms with Gasteiger partial charge in [-0.05, 0) is 24.3 Å². The third kappa shape index (κ3) is 2.92. The summed E-state index contributed by atoms with van der Waals surface area (Å²) in [7, 11) is -2.31. The summed E-state index contributed by atoms with van der Waals surface area (Å²) in [6, 6.07) is 6.39. The molecule has 1 aromatic carbocycles. The van der Waals surface area contributed by atoms with Crippen LogP contribution < -0.4 is 10.5 Å². The van der Waals surface area contributed by atoms with Gasteiger partial charge < -0.3 is 5.73 Å². The van der Waals surface area contributed by atoms with Crippen molar-refractivity contribution < 1.29 is 8.42 Å². The molecule has 6 nitrogen and oxygen atoms in total.